The number of benzene rings is 1. The number of hydrogen-bond acceptors (Lipinski definition) is 4. The first-order valence-corrected chi connectivity index (χ1v) is 8.63. The van der Waals surface area contributed by atoms with Gasteiger partial charge >= 0.3 is 0 Å². The number of nitrogens with one attached hydrogen (secondary N) is 3. The number of carbonyl (C=O) groups excluding carboxylic acids is 2. The number of anilines is 1. The van der Waals surface area contributed by atoms with Crippen molar-refractivity contribution in [3.05, 3.63) is 39.6 Å². The van der Waals surface area contributed by atoms with E-state index in [0.29, 0.717) is 21.9 Å². The van der Waals surface area contributed by atoms with Crippen molar-refractivity contribution >= 4 is 29.1 Å². The second-order valence-electron chi connectivity index (χ2n) is 6.13. The fraction of sp³-hybridized carbons (Fsp3) is 0.444. The molecule has 0 atom stereocenters. The zero-order valence-corrected chi connectivity index (χ0v) is 16.2. The van der Waals surface area contributed by atoms with E-state index in [4.69, 9.17) is 17.3 Å². The highest BCUT2D eigenvalue weighted by atomic mass is 35.5. The van der Waals surface area contributed by atoms with Gasteiger partial charge in [0.05, 0.1) is 12.1 Å². The van der Waals surface area contributed by atoms with Gasteiger partial charge in [-0.3, -0.25) is 9.59 Å². The van der Waals surface area contributed by atoms with Crippen molar-refractivity contribution in [3.63, 3.8) is 0 Å². The molecule has 0 heterocycles. The van der Waals surface area contributed by atoms with Crippen molar-refractivity contribution in [2.75, 3.05) is 18.4 Å². The largest absolute Gasteiger partial charge is 0.402 e. The molecule has 1 aromatic carbocycles. The Morgan fingerprint density at radius 2 is 1.92 bits per heavy atom. The molecule has 25 heavy (non-hydrogen) atoms. The van der Waals surface area contributed by atoms with Gasteiger partial charge in [-0.2, -0.15) is 0 Å². The third kappa shape index (κ3) is 5.98. The van der Waals surface area contributed by atoms with Crippen LogP contribution in [0, 0.1) is 6.92 Å². The normalized spacial score (nSPS) is 11.8. The molecule has 0 radical (unpaired) electrons. The Morgan fingerprint density at radius 1 is 1.28 bits per heavy atom. The van der Waals surface area contributed by atoms with Gasteiger partial charge in [-0.25, -0.2) is 0 Å². The average Bonchev–Trinajstić information content (AvgIpc) is 2.49. The van der Waals surface area contributed by atoms with Crippen LogP contribution in [0.1, 0.15) is 43.6 Å². The van der Waals surface area contributed by atoms with Gasteiger partial charge in [0, 0.05) is 34.6 Å². The molecule has 0 aromatic heterocycles. The summed E-state index contributed by atoms with van der Waals surface area (Å²) in [6.07, 6.45) is 0. The van der Waals surface area contributed by atoms with Crippen LogP contribution in [0.2, 0.25) is 5.02 Å². The maximum atomic E-state index is 12.6. The Hall–Kier alpha value is -2.21. The minimum atomic E-state index is -0.310. The Balaban J connectivity index is 2.96. The van der Waals surface area contributed by atoms with Crippen molar-refractivity contribution < 1.29 is 9.59 Å². The third-order valence-corrected chi connectivity index (χ3v) is 3.80. The Morgan fingerprint density at radius 3 is 2.44 bits per heavy atom. The number of rotatable bonds is 7. The smallest absolute Gasteiger partial charge is 0.251 e. The molecular weight excluding hydrogens is 340 g/mol. The van der Waals surface area contributed by atoms with E-state index < -0.39 is 0 Å². The van der Waals surface area contributed by atoms with Gasteiger partial charge in [0.2, 0.25) is 0 Å². The number of allylic oxidation sites excluding steroid dienone is 1. The Labute approximate surface area is 154 Å². The SMILES string of the molecule is CCNc1cc(Cl)cc(C(=O)NC/C(C(=O)NC(C)C)=C(\C)N)c1C. The second kappa shape index (κ2) is 9.32. The summed E-state index contributed by atoms with van der Waals surface area (Å²) < 4.78 is 0. The van der Waals surface area contributed by atoms with E-state index in [9.17, 15) is 9.59 Å². The predicted molar refractivity (Wildman–Crippen MR) is 103 cm³/mol. The van der Waals surface area contributed by atoms with E-state index in [1.165, 1.54) is 0 Å². The zero-order chi connectivity index (χ0) is 19.1. The van der Waals surface area contributed by atoms with Crippen molar-refractivity contribution in [2.24, 2.45) is 5.73 Å². The topological polar surface area (TPSA) is 96.2 Å². The quantitative estimate of drug-likeness (QED) is 0.557. The average molecular weight is 367 g/mol. The van der Waals surface area contributed by atoms with E-state index >= 15 is 0 Å². The van der Waals surface area contributed by atoms with Gasteiger partial charge in [0.15, 0.2) is 0 Å². The molecule has 0 aliphatic heterocycles. The second-order valence-corrected chi connectivity index (χ2v) is 6.57. The summed E-state index contributed by atoms with van der Waals surface area (Å²) in [6.45, 7) is 9.93. The van der Waals surface area contributed by atoms with Gasteiger partial charge in [-0.1, -0.05) is 11.6 Å². The molecule has 0 unspecified atom stereocenters. The van der Waals surface area contributed by atoms with Gasteiger partial charge in [-0.15, -0.1) is 0 Å². The Kier molecular flexibility index (Phi) is 7.77. The summed E-state index contributed by atoms with van der Waals surface area (Å²) in [6, 6.07) is 3.37. The molecule has 0 bridgehead atoms. The molecule has 0 aliphatic carbocycles. The first-order valence-electron chi connectivity index (χ1n) is 8.25. The molecule has 6 nitrogen and oxygen atoms in total. The summed E-state index contributed by atoms with van der Waals surface area (Å²) in [4.78, 5) is 24.7. The number of carbonyl (C=O) groups is 2. The number of hydrogen-bond donors (Lipinski definition) is 4. The summed E-state index contributed by atoms with van der Waals surface area (Å²) in [5.41, 5.74) is 8.57. The molecule has 0 spiro atoms. The van der Waals surface area contributed by atoms with E-state index in [0.717, 1.165) is 17.8 Å². The van der Waals surface area contributed by atoms with Gasteiger partial charge in [0.25, 0.3) is 11.8 Å². The minimum Gasteiger partial charge on any atom is -0.402 e. The summed E-state index contributed by atoms with van der Waals surface area (Å²) in [5.74, 6) is -0.596. The molecule has 2 amide bonds. The van der Waals surface area contributed by atoms with Crippen LogP contribution in [0.4, 0.5) is 5.69 Å². The molecule has 0 saturated heterocycles. The van der Waals surface area contributed by atoms with Crippen molar-refractivity contribution in [1.82, 2.24) is 10.6 Å². The summed E-state index contributed by atoms with van der Waals surface area (Å²) in [5, 5.41) is 9.17. The van der Waals surface area contributed by atoms with E-state index in [1.807, 2.05) is 27.7 Å². The standard InChI is InChI=1S/C18H27ClN4O2/c1-6-21-16-8-13(19)7-14(11(16)4)17(24)22-9-15(12(5)20)18(25)23-10(2)3/h7-8,10,21H,6,9,20H2,1-5H3,(H,22,24)(H,23,25)/b15-12-. The van der Waals surface area contributed by atoms with Crippen LogP contribution in [0.25, 0.3) is 0 Å². The molecule has 1 rings (SSSR count). The van der Waals surface area contributed by atoms with E-state index in [2.05, 4.69) is 16.0 Å². The van der Waals surface area contributed by atoms with E-state index in [-0.39, 0.29) is 24.4 Å². The van der Waals surface area contributed by atoms with Crippen molar-refractivity contribution in [3.8, 4) is 0 Å². The summed E-state index contributed by atoms with van der Waals surface area (Å²) in [7, 11) is 0. The van der Waals surface area contributed by atoms with Crippen LogP contribution in [0.5, 0.6) is 0 Å². The van der Waals surface area contributed by atoms with Crippen molar-refractivity contribution in [2.45, 2.75) is 40.7 Å². The molecule has 0 aliphatic rings. The first-order chi connectivity index (χ1) is 11.7. The molecule has 7 heteroatoms. The molecule has 0 fully saturated rings. The van der Waals surface area contributed by atoms with Crippen LogP contribution in [0.15, 0.2) is 23.4 Å². The minimum absolute atomic E-state index is 0.0181. The molecule has 1 aromatic rings. The number of amides is 2. The van der Waals surface area contributed by atoms with Crippen LogP contribution in [0.3, 0.4) is 0 Å². The lowest BCUT2D eigenvalue weighted by Crippen LogP contribution is -2.37. The monoisotopic (exact) mass is 366 g/mol. The van der Waals surface area contributed by atoms with Crippen molar-refractivity contribution in [1.29, 1.82) is 0 Å². The predicted octanol–water partition coefficient (Wildman–Crippen LogP) is 2.57. The lowest BCUT2D eigenvalue weighted by molar-refractivity contribution is -0.118. The molecule has 0 saturated carbocycles. The zero-order valence-electron chi connectivity index (χ0n) is 15.4. The van der Waals surface area contributed by atoms with E-state index in [1.54, 1.807) is 19.1 Å². The molecule has 5 N–H and O–H groups in total. The highest BCUT2D eigenvalue weighted by Gasteiger charge is 2.17. The lowest BCUT2D eigenvalue weighted by Gasteiger charge is -2.16. The van der Waals surface area contributed by atoms with Gasteiger partial charge in [-0.05, 0) is 52.3 Å². The number of halogens is 1. The summed E-state index contributed by atoms with van der Waals surface area (Å²) >= 11 is 6.11. The van der Waals surface area contributed by atoms with Crippen LogP contribution >= 0.6 is 11.6 Å². The number of nitrogens with two attached hydrogens (primary N) is 1. The third-order valence-electron chi connectivity index (χ3n) is 3.58. The van der Waals surface area contributed by atoms with Gasteiger partial charge in [0.1, 0.15) is 0 Å². The van der Waals surface area contributed by atoms with Crippen LogP contribution in [-0.2, 0) is 4.79 Å². The Bertz CT molecular complexity index is 680. The van der Waals surface area contributed by atoms with Crippen LogP contribution in [-0.4, -0.2) is 30.9 Å². The highest BCUT2D eigenvalue weighted by molar-refractivity contribution is 6.31. The van der Waals surface area contributed by atoms with Gasteiger partial charge < -0.3 is 21.7 Å². The van der Waals surface area contributed by atoms with Crippen LogP contribution < -0.4 is 21.7 Å². The highest BCUT2D eigenvalue weighted by Crippen LogP contribution is 2.24. The first kappa shape index (κ1) is 20.8. The maximum Gasteiger partial charge on any atom is 0.251 e. The lowest BCUT2D eigenvalue weighted by atomic mass is 10.1. The molecular formula is C18H27ClN4O2. The maximum absolute atomic E-state index is 12.6. The fourth-order valence-electron chi connectivity index (χ4n) is 2.30. The fourth-order valence-corrected chi connectivity index (χ4v) is 2.52. The molecule has 138 valence electrons.